The SMILES string of the molecule is Clc1ccc(C2(CNc3cnccn3)CC2)cc1. The number of halogens is 1. The third-order valence-electron chi connectivity index (χ3n) is 3.48. The van der Waals surface area contributed by atoms with Gasteiger partial charge in [0.1, 0.15) is 5.82 Å². The first-order valence-electron chi connectivity index (χ1n) is 6.04. The molecule has 0 unspecified atom stereocenters. The molecule has 3 nitrogen and oxygen atoms in total. The molecule has 2 aromatic rings. The van der Waals surface area contributed by atoms with Crippen LogP contribution in [0.5, 0.6) is 0 Å². The van der Waals surface area contributed by atoms with E-state index in [4.69, 9.17) is 11.6 Å². The molecule has 0 saturated heterocycles. The van der Waals surface area contributed by atoms with Crippen LogP contribution < -0.4 is 5.32 Å². The summed E-state index contributed by atoms with van der Waals surface area (Å²) in [6, 6.07) is 8.15. The highest BCUT2D eigenvalue weighted by atomic mass is 35.5. The fourth-order valence-corrected chi connectivity index (χ4v) is 2.30. The Morgan fingerprint density at radius 1 is 1.17 bits per heavy atom. The summed E-state index contributed by atoms with van der Waals surface area (Å²) >= 11 is 5.92. The summed E-state index contributed by atoms with van der Waals surface area (Å²) in [6.07, 6.45) is 7.54. The Labute approximate surface area is 111 Å². The molecule has 1 N–H and O–H groups in total. The maximum absolute atomic E-state index is 5.92. The minimum absolute atomic E-state index is 0.252. The first-order chi connectivity index (χ1) is 8.78. The molecule has 92 valence electrons. The Balaban J connectivity index is 1.70. The summed E-state index contributed by atoms with van der Waals surface area (Å²) in [7, 11) is 0. The molecule has 18 heavy (non-hydrogen) atoms. The summed E-state index contributed by atoms with van der Waals surface area (Å²) < 4.78 is 0. The lowest BCUT2D eigenvalue weighted by Gasteiger charge is -2.16. The van der Waals surface area contributed by atoms with Gasteiger partial charge >= 0.3 is 0 Å². The molecule has 3 rings (SSSR count). The highest BCUT2D eigenvalue weighted by molar-refractivity contribution is 6.30. The standard InChI is InChI=1S/C14H14ClN3/c15-12-3-1-11(2-4-12)14(5-6-14)10-18-13-9-16-7-8-17-13/h1-4,7-9H,5-6,10H2,(H,17,18). The summed E-state index contributed by atoms with van der Waals surface area (Å²) in [6.45, 7) is 0.896. The molecule has 0 radical (unpaired) electrons. The lowest BCUT2D eigenvalue weighted by Crippen LogP contribution is -2.20. The van der Waals surface area contributed by atoms with E-state index in [1.54, 1.807) is 18.6 Å². The molecule has 0 bridgehead atoms. The molecule has 0 spiro atoms. The van der Waals surface area contributed by atoms with Gasteiger partial charge in [0, 0.05) is 29.4 Å². The van der Waals surface area contributed by atoms with E-state index in [9.17, 15) is 0 Å². The minimum Gasteiger partial charge on any atom is -0.368 e. The Kier molecular flexibility index (Phi) is 2.92. The van der Waals surface area contributed by atoms with Crippen molar-refractivity contribution in [2.45, 2.75) is 18.3 Å². The zero-order valence-corrected chi connectivity index (χ0v) is 10.7. The maximum atomic E-state index is 5.92. The summed E-state index contributed by atoms with van der Waals surface area (Å²) in [4.78, 5) is 8.27. The van der Waals surface area contributed by atoms with Crippen LogP contribution in [0.15, 0.2) is 42.9 Å². The molecule has 1 saturated carbocycles. The van der Waals surface area contributed by atoms with Crippen LogP contribution in [0.1, 0.15) is 18.4 Å². The van der Waals surface area contributed by atoms with E-state index in [1.807, 2.05) is 12.1 Å². The first kappa shape index (κ1) is 11.5. The van der Waals surface area contributed by atoms with E-state index in [1.165, 1.54) is 18.4 Å². The average Bonchev–Trinajstić information content (AvgIpc) is 3.20. The molecule has 0 atom stereocenters. The van der Waals surface area contributed by atoms with E-state index in [2.05, 4.69) is 27.4 Å². The third kappa shape index (κ3) is 2.31. The first-order valence-corrected chi connectivity index (χ1v) is 6.42. The molecule has 4 heteroatoms. The fraction of sp³-hybridized carbons (Fsp3) is 0.286. The van der Waals surface area contributed by atoms with Gasteiger partial charge in [-0.05, 0) is 30.5 Å². The van der Waals surface area contributed by atoms with Gasteiger partial charge in [0.25, 0.3) is 0 Å². The van der Waals surface area contributed by atoms with Crippen molar-refractivity contribution >= 4 is 17.4 Å². The van der Waals surface area contributed by atoms with Crippen molar-refractivity contribution in [1.82, 2.24) is 9.97 Å². The van der Waals surface area contributed by atoms with Gasteiger partial charge < -0.3 is 5.32 Å². The number of anilines is 1. The number of benzene rings is 1. The molecule has 1 aliphatic carbocycles. The van der Waals surface area contributed by atoms with E-state index >= 15 is 0 Å². The molecule has 1 aromatic heterocycles. The summed E-state index contributed by atoms with van der Waals surface area (Å²) in [5.74, 6) is 0.831. The van der Waals surface area contributed by atoms with Crippen LogP contribution in [-0.4, -0.2) is 16.5 Å². The molecule has 0 aliphatic heterocycles. The Bertz CT molecular complexity index is 520. The molecule has 1 aromatic carbocycles. The normalized spacial score (nSPS) is 16.3. The van der Waals surface area contributed by atoms with Gasteiger partial charge in [-0.1, -0.05) is 23.7 Å². The van der Waals surface area contributed by atoms with Gasteiger partial charge in [0.2, 0.25) is 0 Å². The van der Waals surface area contributed by atoms with Gasteiger partial charge in [-0.2, -0.15) is 0 Å². The van der Waals surface area contributed by atoms with Crippen molar-refractivity contribution in [2.75, 3.05) is 11.9 Å². The Morgan fingerprint density at radius 3 is 2.56 bits per heavy atom. The lowest BCUT2D eigenvalue weighted by molar-refractivity contribution is 0.730. The fourth-order valence-electron chi connectivity index (χ4n) is 2.17. The van der Waals surface area contributed by atoms with Crippen molar-refractivity contribution < 1.29 is 0 Å². The second-order valence-corrected chi connectivity index (χ2v) is 5.17. The highest BCUT2D eigenvalue weighted by Gasteiger charge is 2.43. The smallest absolute Gasteiger partial charge is 0.144 e. The summed E-state index contributed by atoms with van der Waals surface area (Å²) in [5, 5.41) is 4.14. The van der Waals surface area contributed by atoms with Gasteiger partial charge in [-0.15, -0.1) is 0 Å². The average molecular weight is 260 g/mol. The minimum atomic E-state index is 0.252. The number of aromatic nitrogens is 2. The van der Waals surface area contributed by atoms with Crippen molar-refractivity contribution in [3.63, 3.8) is 0 Å². The zero-order chi connectivity index (χ0) is 12.4. The predicted octanol–water partition coefficient (Wildman–Crippen LogP) is 3.27. The van der Waals surface area contributed by atoms with E-state index in [0.29, 0.717) is 0 Å². The van der Waals surface area contributed by atoms with Crippen molar-refractivity contribution in [2.24, 2.45) is 0 Å². The van der Waals surface area contributed by atoms with Crippen LogP contribution >= 0.6 is 11.6 Å². The number of hydrogen-bond acceptors (Lipinski definition) is 3. The Morgan fingerprint density at radius 2 is 1.94 bits per heavy atom. The van der Waals surface area contributed by atoms with Crippen LogP contribution in [0.4, 0.5) is 5.82 Å². The maximum Gasteiger partial charge on any atom is 0.144 e. The van der Waals surface area contributed by atoms with Crippen LogP contribution in [-0.2, 0) is 5.41 Å². The zero-order valence-electron chi connectivity index (χ0n) is 9.94. The second kappa shape index (κ2) is 4.58. The van der Waals surface area contributed by atoms with E-state index < -0.39 is 0 Å². The molecule has 1 aliphatic rings. The predicted molar refractivity (Wildman–Crippen MR) is 72.9 cm³/mol. The van der Waals surface area contributed by atoms with Crippen LogP contribution in [0.25, 0.3) is 0 Å². The second-order valence-electron chi connectivity index (χ2n) is 4.73. The summed E-state index contributed by atoms with van der Waals surface area (Å²) in [5.41, 5.74) is 1.60. The molecule has 1 fully saturated rings. The third-order valence-corrected chi connectivity index (χ3v) is 3.73. The molecular formula is C14H14ClN3. The van der Waals surface area contributed by atoms with Crippen molar-refractivity contribution in [3.8, 4) is 0 Å². The van der Waals surface area contributed by atoms with Crippen molar-refractivity contribution in [3.05, 3.63) is 53.4 Å². The highest BCUT2D eigenvalue weighted by Crippen LogP contribution is 2.48. The lowest BCUT2D eigenvalue weighted by atomic mass is 9.96. The topological polar surface area (TPSA) is 37.8 Å². The quantitative estimate of drug-likeness (QED) is 0.916. The molecule has 1 heterocycles. The number of nitrogens with one attached hydrogen (secondary N) is 1. The number of rotatable bonds is 4. The van der Waals surface area contributed by atoms with Gasteiger partial charge in [-0.25, -0.2) is 4.98 Å². The van der Waals surface area contributed by atoms with Gasteiger partial charge in [0.05, 0.1) is 6.20 Å². The van der Waals surface area contributed by atoms with Gasteiger partial charge in [0.15, 0.2) is 0 Å². The van der Waals surface area contributed by atoms with Gasteiger partial charge in [-0.3, -0.25) is 4.98 Å². The monoisotopic (exact) mass is 259 g/mol. The number of hydrogen-bond donors (Lipinski definition) is 1. The largest absolute Gasteiger partial charge is 0.368 e. The van der Waals surface area contributed by atoms with E-state index in [0.717, 1.165) is 17.4 Å². The number of nitrogens with zero attached hydrogens (tertiary/aromatic N) is 2. The van der Waals surface area contributed by atoms with Crippen LogP contribution in [0.2, 0.25) is 5.02 Å². The van der Waals surface area contributed by atoms with Crippen LogP contribution in [0, 0.1) is 0 Å². The Hall–Kier alpha value is -1.61. The van der Waals surface area contributed by atoms with Crippen LogP contribution in [0.3, 0.4) is 0 Å². The molecule has 0 amide bonds. The van der Waals surface area contributed by atoms with Crippen molar-refractivity contribution in [1.29, 1.82) is 0 Å². The van der Waals surface area contributed by atoms with E-state index in [-0.39, 0.29) is 5.41 Å². The molecular weight excluding hydrogens is 246 g/mol.